The summed E-state index contributed by atoms with van der Waals surface area (Å²) in [5.41, 5.74) is 3.10. The van der Waals surface area contributed by atoms with E-state index in [0.29, 0.717) is 11.4 Å². The highest BCUT2D eigenvalue weighted by atomic mass is 32.2. The summed E-state index contributed by atoms with van der Waals surface area (Å²) < 4.78 is 33.2. The number of nitrogens with zero attached hydrogens (tertiary/aromatic N) is 1. The number of hydrogen-bond acceptors (Lipinski definition) is 4. The van der Waals surface area contributed by atoms with Gasteiger partial charge in [-0.3, -0.25) is 9.10 Å². The average molecular weight is 439 g/mol. The fraction of sp³-hybridized carbons (Fsp3) is 0.208. The van der Waals surface area contributed by atoms with Crippen LogP contribution in [-0.2, 0) is 21.4 Å². The number of ether oxygens (including phenoxy) is 1. The lowest BCUT2D eigenvalue weighted by Gasteiger charge is -2.24. The second kappa shape index (κ2) is 9.66. The number of benzene rings is 3. The Morgan fingerprint density at radius 1 is 0.935 bits per heavy atom. The molecular weight excluding hydrogens is 412 g/mol. The Morgan fingerprint density at radius 3 is 2.32 bits per heavy atom. The van der Waals surface area contributed by atoms with Gasteiger partial charge in [0.05, 0.1) is 17.7 Å². The molecular formula is C24H26N2O4S. The zero-order chi connectivity index (χ0) is 22.4. The van der Waals surface area contributed by atoms with Crippen LogP contribution in [0.25, 0.3) is 0 Å². The van der Waals surface area contributed by atoms with Gasteiger partial charge in [0.1, 0.15) is 12.3 Å². The standard InChI is InChI=1S/C24H26N2O4S/c1-18-11-13-22(14-12-18)31(28,29)26(21-9-6-7-19(2)15-21)17-24(27)25-16-20-8-4-5-10-23(20)30-3/h4-15H,16-17H2,1-3H3,(H,25,27). The Morgan fingerprint density at radius 2 is 1.65 bits per heavy atom. The summed E-state index contributed by atoms with van der Waals surface area (Å²) in [5, 5.41) is 2.80. The van der Waals surface area contributed by atoms with E-state index in [-0.39, 0.29) is 18.0 Å². The van der Waals surface area contributed by atoms with Crippen molar-refractivity contribution >= 4 is 21.6 Å². The highest BCUT2D eigenvalue weighted by Gasteiger charge is 2.27. The molecule has 0 spiro atoms. The fourth-order valence-electron chi connectivity index (χ4n) is 3.16. The van der Waals surface area contributed by atoms with Crippen molar-refractivity contribution in [1.82, 2.24) is 5.32 Å². The van der Waals surface area contributed by atoms with E-state index in [1.165, 1.54) is 0 Å². The number of nitrogens with one attached hydrogen (secondary N) is 1. The lowest BCUT2D eigenvalue weighted by Crippen LogP contribution is -2.40. The normalized spacial score (nSPS) is 11.1. The monoisotopic (exact) mass is 438 g/mol. The molecule has 0 aliphatic carbocycles. The predicted octanol–water partition coefficient (Wildman–Crippen LogP) is 3.82. The zero-order valence-corrected chi connectivity index (χ0v) is 18.6. The lowest BCUT2D eigenvalue weighted by molar-refractivity contribution is -0.119. The van der Waals surface area contributed by atoms with Crippen LogP contribution in [0.4, 0.5) is 5.69 Å². The SMILES string of the molecule is COc1ccccc1CNC(=O)CN(c1cccc(C)c1)S(=O)(=O)c1ccc(C)cc1. The Bertz CT molecular complexity index is 1160. The largest absolute Gasteiger partial charge is 0.496 e. The molecule has 3 aromatic rings. The molecule has 3 rings (SSSR count). The van der Waals surface area contributed by atoms with Gasteiger partial charge in [0.25, 0.3) is 10.0 Å². The number of hydrogen-bond donors (Lipinski definition) is 1. The van der Waals surface area contributed by atoms with Crippen molar-refractivity contribution in [3.05, 3.63) is 89.5 Å². The molecule has 0 bridgehead atoms. The number of para-hydroxylation sites is 1. The van der Waals surface area contributed by atoms with E-state index in [2.05, 4.69) is 5.32 Å². The molecule has 0 radical (unpaired) electrons. The van der Waals surface area contributed by atoms with E-state index in [9.17, 15) is 13.2 Å². The van der Waals surface area contributed by atoms with Crippen LogP contribution in [0.5, 0.6) is 5.75 Å². The number of methoxy groups -OCH3 is 1. The summed E-state index contributed by atoms with van der Waals surface area (Å²) in [7, 11) is -2.37. The zero-order valence-electron chi connectivity index (χ0n) is 17.8. The van der Waals surface area contributed by atoms with Gasteiger partial charge in [-0.1, -0.05) is 48.0 Å². The second-order valence-corrected chi connectivity index (χ2v) is 9.11. The summed E-state index contributed by atoms with van der Waals surface area (Å²) in [6.07, 6.45) is 0. The first-order valence-corrected chi connectivity index (χ1v) is 11.3. The van der Waals surface area contributed by atoms with Gasteiger partial charge in [0.15, 0.2) is 0 Å². The first-order valence-electron chi connectivity index (χ1n) is 9.86. The number of carbonyl (C=O) groups excluding carboxylic acids is 1. The molecule has 0 fully saturated rings. The second-order valence-electron chi connectivity index (χ2n) is 7.25. The van der Waals surface area contributed by atoms with Crippen LogP contribution in [0, 0.1) is 13.8 Å². The molecule has 0 aromatic heterocycles. The van der Waals surface area contributed by atoms with E-state index in [1.807, 2.05) is 44.2 Å². The average Bonchev–Trinajstić information content (AvgIpc) is 2.76. The summed E-state index contributed by atoms with van der Waals surface area (Å²) in [5.74, 6) is 0.244. The Hall–Kier alpha value is -3.32. The van der Waals surface area contributed by atoms with E-state index < -0.39 is 15.9 Å². The molecule has 1 N–H and O–H groups in total. The molecule has 31 heavy (non-hydrogen) atoms. The molecule has 6 nitrogen and oxygen atoms in total. The van der Waals surface area contributed by atoms with Crippen molar-refractivity contribution < 1.29 is 17.9 Å². The van der Waals surface area contributed by atoms with Gasteiger partial charge < -0.3 is 10.1 Å². The third-order valence-electron chi connectivity index (χ3n) is 4.85. The summed E-state index contributed by atoms with van der Waals surface area (Å²) in [6.45, 7) is 3.66. The van der Waals surface area contributed by atoms with Gasteiger partial charge in [-0.25, -0.2) is 8.42 Å². The summed E-state index contributed by atoms with van der Waals surface area (Å²) >= 11 is 0. The van der Waals surface area contributed by atoms with Gasteiger partial charge in [-0.05, 0) is 49.7 Å². The van der Waals surface area contributed by atoms with Crippen molar-refractivity contribution in [3.8, 4) is 5.75 Å². The smallest absolute Gasteiger partial charge is 0.264 e. The third-order valence-corrected chi connectivity index (χ3v) is 6.64. The molecule has 162 valence electrons. The number of anilines is 1. The van der Waals surface area contributed by atoms with Gasteiger partial charge in [-0.15, -0.1) is 0 Å². The van der Waals surface area contributed by atoms with Crippen LogP contribution in [-0.4, -0.2) is 28.0 Å². The highest BCUT2D eigenvalue weighted by molar-refractivity contribution is 7.92. The van der Waals surface area contributed by atoms with Crippen molar-refractivity contribution in [2.75, 3.05) is 18.0 Å². The minimum atomic E-state index is -3.93. The maximum atomic E-state index is 13.4. The molecule has 0 saturated heterocycles. The molecule has 7 heteroatoms. The minimum absolute atomic E-state index is 0.136. The molecule has 0 aliphatic rings. The molecule has 0 heterocycles. The summed E-state index contributed by atoms with van der Waals surface area (Å²) in [4.78, 5) is 12.9. The van der Waals surface area contributed by atoms with E-state index in [4.69, 9.17) is 4.74 Å². The van der Waals surface area contributed by atoms with E-state index in [0.717, 1.165) is 21.0 Å². The van der Waals surface area contributed by atoms with Crippen molar-refractivity contribution in [3.63, 3.8) is 0 Å². The number of amides is 1. The molecule has 0 atom stereocenters. The van der Waals surface area contributed by atoms with Crippen molar-refractivity contribution in [1.29, 1.82) is 0 Å². The van der Waals surface area contributed by atoms with E-state index in [1.54, 1.807) is 49.6 Å². The lowest BCUT2D eigenvalue weighted by atomic mass is 10.2. The number of carbonyl (C=O) groups is 1. The molecule has 0 aliphatic heterocycles. The van der Waals surface area contributed by atoms with Gasteiger partial charge in [-0.2, -0.15) is 0 Å². The minimum Gasteiger partial charge on any atom is -0.496 e. The Balaban J connectivity index is 1.86. The maximum Gasteiger partial charge on any atom is 0.264 e. The number of rotatable bonds is 8. The van der Waals surface area contributed by atoms with Crippen LogP contribution in [0.2, 0.25) is 0 Å². The van der Waals surface area contributed by atoms with Crippen LogP contribution in [0.15, 0.2) is 77.7 Å². The summed E-state index contributed by atoms with van der Waals surface area (Å²) in [6, 6.07) is 21.0. The fourth-order valence-corrected chi connectivity index (χ4v) is 4.58. The molecule has 0 unspecified atom stereocenters. The topological polar surface area (TPSA) is 75.7 Å². The van der Waals surface area contributed by atoms with Gasteiger partial charge >= 0.3 is 0 Å². The Kier molecular flexibility index (Phi) is 6.97. The number of aryl methyl sites for hydroxylation is 2. The quantitative estimate of drug-likeness (QED) is 0.580. The van der Waals surface area contributed by atoms with Crippen LogP contribution >= 0.6 is 0 Å². The number of sulfonamides is 1. The molecule has 1 amide bonds. The first-order chi connectivity index (χ1) is 14.8. The van der Waals surface area contributed by atoms with Crippen molar-refractivity contribution in [2.24, 2.45) is 0 Å². The molecule has 3 aromatic carbocycles. The highest BCUT2D eigenvalue weighted by Crippen LogP contribution is 2.25. The van der Waals surface area contributed by atoms with Gasteiger partial charge in [0, 0.05) is 12.1 Å². The maximum absolute atomic E-state index is 13.4. The van der Waals surface area contributed by atoms with E-state index >= 15 is 0 Å². The van der Waals surface area contributed by atoms with Crippen molar-refractivity contribution in [2.45, 2.75) is 25.3 Å². The Labute approximate surface area is 183 Å². The van der Waals surface area contributed by atoms with Crippen LogP contribution < -0.4 is 14.4 Å². The molecule has 0 saturated carbocycles. The third kappa shape index (κ3) is 5.44. The van der Waals surface area contributed by atoms with Crippen LogP contribution in [0.1, 0.15) is 16.7 Å². The first kappa shape index (κ1) is 22.4. The predicted molar refractivity (Wildman–Crippen MR) is 122 cm³/mol. The van der Waals surface area contributed by atoms with Gasteiger partial charge in [0.2, 0.25) is 5.91 Å². The van der Waals surface area contributed by atoms with Crippen LogP contribution in [0.3, 0.4) is 0 Å².